The molecule has 2 N–H and O–H groups in total. The van der Waals surface area contributed by atoms with Gasteiger partial charge in [0.05, 0.1) is 13.7 Å². The Morgan fingerprint density at radius 3 is 2.57 bits per heavy atom. The Balaban J connectivity index is 1.84. The van der Waals surface area contributed by atoms with Crippen LogP contribution in [-0.2, 0) is 24.2 Å². The van der Waals surface area contributed by atoms with E-state index in [1.54, 1.807) is 13.4 Å². The molecule has 0 atom stereocenters. The Kier molecular flexibility index (Phi) is 11.3. The number of rotatable bonds is 14. The van der Waals surface area contributed by atoms with Crippen molar-refractivity contribution < 1.29 is 9.47 Å². The first kappa shape index (κ1) is 23.7. The summed E-state index contributed by atoms with van der Waals surface area (Å²) in [5, 5.41) is 14.9. The third kappa shape index (κ3) is 8.82. The van der Waals surface area contributed by atoms with E-state index in [4.69, 9.17) is 14.5 Å². The van der Waals surface area contributed by atoms with E-state index in [1.807, 2.05) is 24.3 Å². The van der Waals surface area contributed by atoms with Gasteiger partial charge in [0.2, 0.25) is 0 Å². The van der Waals surface area contributed by atoms with Crippen LogP contribution < -0.4 is 15.4 Å². The van der Waals surface area contributed by atoms with E-state index in [0.29, 0.717) is 6.54 Å². The molecule has 0 aliphatic carbocycles. The van der Waals surface area contributed by atoms with E-state index >= 15 is 0 Å². The van der Waals surface area contributed by atoms with Gasteiger partial charge in [-0.2, -0.15) is 0 Å². The summed E-state index contributed by atoms with van der Waals surface area (Å²) in [6, 6.07) is 7.98. The summed E-state index contributed by atoms with van der Waals surface area (Å²) in [5.41, 5.74) is 1.13. The Morgan fingerprint density at radius 2 is 1.83 bits per heavy atom. The molecule has 0 saturated heterocycles. The number of nitrogens with one attached hydrogen (secondary N) is 2. The maximum atomic E-state index is 5.63. The van der Waals surface area contributed by atoms with Crippen LogP contribution in [0.3, 0.4) is 0 Å². The summed E-state index contributed by atoms with van der Waals surface area (Å²) in [6.45, 7) is 8.80. The van der Waals surface area contributed by atoms with Gasteiger partial charge < -0.3 is 24.7 Å². The molecule has 1 aromatic heterocycles. The van der Waals surface area contributed by atoms with Crippen molar-refractivity contribution >= 4 is 5.96 Å². The quantitative estimate of drug-likeness (QED) is 0.280. The van der Waals surface area contributed by atoms with Crippen molar-refractivity contribution in [1.29, 1.82) is 0 Å². The predicted molar refractivity (Wildman–Crippen MR) is 120 cm³/mol. The predicted octanol–water partition coefficient (Wildman–Crippen LogP) is 2.79. The van der Waals surface area contributed by atoms with Crippen LogP contribution in [0.15, 0.2) is 35.6 Å². The van der Waals surface area contributed by atoms with Crippen LogP contribution in [0, 0.1) is 0 Å². The largest absolute Gasteiger partial charge is 0.497 e. The van der Waals surface area contributed by atoms with Crippen LogP contribution in [0.25, 0.3) is 0 Å². The minimum Gasteiger partial charge on any atom is -0.497 e. The number of unbranched alkanes of at least 4 members (excludes halogenated alkanes) is 1. The van der Waals surface area contributed by atoms with Gasteiger partial charge in [-0.3, -0.25) is 0 Å². The number of methoxy groups -OCH3 is 1. The highest BCUT2D eigenvalue weighted by atomic mass is 16.5. The summed E-state index contributed by atoms with van der Waals surface area (Å²) >= 11 is 0. The van der Waals surface area contributed by atoms with Crippen LogP contribution >= 0.6 is 0 Å². The first-order valence-electron chi connectivity index (χ1n) is 10.9. The summed E-state index contributed by atoms with van der Waals surface area (Å²) < 4.78 is 12.9. The molecule has 0 radical (unpaired) electrons. The lowest BCUT2D eigenvalue weighted by molar-refractivity contribution is 0.129. The summed E-state index contributed by atoms with van der Waals surface area (Å²) in [6.07, 6.45) is 5.87. The second-order valence-electron chi connectivity index (χ2n) is 6.98. The molecule has 0 amide bonds. The van der Waals surface area contributed by atoms with Gasteiger partial charge in [-0.05, 0) is 30.5 Å². The van der Waals surface area contributed by atoms with Crippen LogP contribution in [0.2, 0.25) is 0 Å². The van der Waals surface area contributed by atoms with Crippen molar-refractivity contribution in [2.75, 3.05) is 33.4 Å². The Bertz CT molecular complexity index is 729. The minimum atomic E-state index is 0.596. The van der Waals surface area contributed by atoms with E-state index < -0.39 is 0 Å². The number of hydrogen-bond acceptors (Lipinski definition) is 5. The molecule has 0 fully saturated rings. The molecule has 0 aliphatic heterocycles. The Labute approximate surface area is 180 Å². The molecule has 166 valence electrons. The number of hydrogen-bond donors (Lipinski definition) is 2. The van der Waals surface area contributed by atoms with Crippen molar-refractivity contribution in [3.63, 3.8) is 0 Å². The number of nitrogens with zero attached hydrogens (tertiary/aromatic N) is 4. The molecule has 2 aromatic rings. The first-order chi connectivity index (χ1) is 14.8. The summed E-state index contributed by atoms with van der Waals surface area (Å²) in [5.74, 6) is 2.64. The van der Waals surface area contributed by atoms with E-state index in [9.17, 15) is 0 Å². The lowest BCUT2D eigenvalue weighted by Crippen LogP contribution is -2.39. The number of guanidine groups is 1. The fourth-order valence-corrected chi connectivity index (χ4v) is 2.84. The topological polar surface area (TPSA) is 85.6 Å². The van der Waals surface area contributed by atoms with Gasteiger partial charge in [-0.1, -0.05) is 32.4 Å². The SMILES string of the molecule is CCCCOCCCNC(=NCc1ccc(OC)cc1)NCCn1cnnc1CC. The lowest BCUT2D eigenvalue weighted by atomic mass is 10.2. The highest BCUT2D eigenvalue weighted by molar-refractivity contribution is 5.79. The van der Waals surface area contributed by atoms with Crippen molar-refractivity contribution in [3.8, 4) is 5.75 Å². The number of aliphatic imine (C=N–C) groups is 1. The fraction of sp³-hybridized carbons (Fsp3) is 0.591. The summed E-state index contributed by atoms with van der Waals surface area (Å²) in [4.78, 5) is 4.73. The minimum absolute atomic E-state index is 0.596. The van der Waals surface area contributed by atoms with Crippen molar-refractivity contribution in [1.82, 2.24) is 25.4 Å². The zero-order chi connectivity index (χ0) is 21.4. The maximum Gasteiger partial charge on any atom is 0.191 e. The molecule has 1 heterocycles. The molecule has 8 nitrogen and oxygen atoms in total. The number of ether oxygens (including phenoxy) is 2. The molecular formula is C22H36N6O2. The average Bonchev–Trinajstić information content (AvgIpc) is 3.24. The van der Waals surface area contributed by atoms with Gasteiger partial charge in [0.15, 0.2) is 5.96 Å². The van der Waals surface area contributed by atoms with E-state index in [0.717, 1.165) is 81.6 Å². The molecule has 0 spiro atoms. The Hall–Kier alpha value is -2.61. The van der Waals surface area contributed by atoms with Crippen molar-refractivity contribution in [3.05, 3.63) is 42.0 Å². The second kappa shape index (κ2) is 14.4. The molecular weight excluding hydrogens is 380 g/mol. The molecule has 2 rings (SSSR count). The van der Waals surface area contributed by atoms with Gasteiger partial charge in [0.25, 0.3) is 0 Å². The van der Waals surface area contributed by atoms with Crippen LogP contribution in [0.5, 0.6) is 5.75 Å². The average molecular weight is 417 g/mol. The van der Waals surface area contributed by atoms with Gasteiger partial charge in [-0.15, -0.1) is 10.2 Å². The lowest BCUT2D eigenvalue weighted by Gasteiger charge is -2.14. The first-order valence-corrected chi connectivity index (χ1v) is 10.9. The van der Waals surface area contributed by atoms with Crippen molar-refractivity contribution in [2.24, 2.45) is 4.99 Å². The highest BCUT2D eigenvalue weighted by Crippen LogP contribution is 2.11. The summed E-state index contributed by atoms with van der Waals surface area (Å²) in [7, 11) is 1.67. The molecule has 0 unspecified atom stereocenters. The van der Waals surface area contributed by atoms with Crippen LogP contribution in [-0.4, -0.2) is 54.1 Å². The highest BCUT2D eigenvalue weighted by Gasteiger charge is 2.03. The standard InChI is InChI=1S/C22H36N6O2/c1-4-6-15-30-16-7-12-23-22(24-13-14-28-18-26-27-21(28)5-2)25-17-19-8-10-20(29-3)11-9-19/h8-11,18H,4-7,12-17H2,1-3H3,(H2,23,24,25). The second-order valence-corrected chi connectivity index (χ2v) is 6.98. The number of aryl methyl sites for hydroxylation is 1. The van der Waals surface area contributed by atoms with Gasteiger partial charge in [-0.25, -0.2) is 4.99 Å². The van der Waals surface area contributed by atoms with E-state index in [-0.39, 0.29) is 0 Å². The molecule has 8 heteroatoms. The Morgan fingerprint density at radius 1 is 1.07 bits per heavy atom. The third-order valence-corrected chi connectivity index (χ3v) is 4.64. The van der Waals surface area contributed by atoms with E-state index in [1.165, 1.54) is 0 Å². The van der Waals surface area contributed by atoms with E-state index in [2.05, 4.69) is 39.2 Å². The molecule has 0 aliphatic rings. The molecule has 1 aromatic carbocycles. The number of aromatic nitrogens is 3. The zero-order valence-electron chi connectivity index (χ0n) is 18.6. The van der Waals surface area contributed by atoms with Crippen LogP contribution in [0.4, 0.5) is 0 Å². The van der Waals surface area contributed by atoms with Gasteiger partial charge in [0.1, 0.15) is 17.9 Å². The normalized spacial score (nSPS) is 11.5. The van der Waals surface area contributed by atoms with Crippen molar-refractivity contribution in [2.45, 2.75) is 52.6 Å². The van der Waals surface area contributed by atoms with Gasteiger partial charge in [0, 0.05) is 39.3 Å². The molecule has 0 bridgehead atoms. The number of benzene rings is 1. The van der Waals surface area contributed by atoms with Gasteiger partial charge >= 0.3 is 0 Å². The molecule has 0 saturated carbocycles. The monoisotopic (exact) mass is 416 g/mol. The zero-order valence-corrected chi connectivity index (χ0v) is 18.6. The fourth-order valence-electron chi connectivity index (χ4n) is 2.84. The van der Waals surface area contributed by atoms with Crippen LogP contribution in [0.1, 0.15) is 44.5 Å². The molecule has 30 heavy (non-hydrogen) atoms. The smallest absolute Gasteiger partial charge is 0.191 e. The third-order valence-electron chi connectivity index (χ3n) is 4.64. The maximum absolute atomic E-state index is 5.63.